The van der Waals surface area contributed by atoms with Crippen molar-refractivity contribution in [1.29, 1.82) is 0 Å². The van der Waals surface area contributed by atoms with Crippen LogP contribution in [0.3, 0.4) is 0 Å². The zero-order valence-corrected chi connectivity index (χ0v) is 49.9. The van der Waals surface area contributed by atoms with E-state index in [9.17, 15) is 160 Å². The van der Waals surface area contributed by atoms with E-state index in [0.717, 1.165) is 13.2 Å². The topological polar surface area (TPSA) is 150 Å². The number of benzene rings is 6. The summed E-state index contributed by atoms with van der Waals surface area (Å²) < 4.78 is 388. The Kier molecular flexibility index (Phi) is 27.6. The van der Waals surface area contributed by atoms with Gasteiger partial charge in [0.2, 0.25) is 0 Å². The van der Waals surface area contributed by atoms with Crippen LogP contribution in [-0.4, -0.2) is 58.9 Å². The average molecular weight is 1550 g/mol. The summed E-state index contributed by atoms with van der Waals surface area (Å²) in [6, 6.07) is 11.1. The maximum atomic E-state index is 12.8. The first kappa shape index (κ1) is 85.0. The number of ketones is 4. The zero-order valence-electron chi connectivity index (χ0n) is 48.3. The minimum absolute atomic E-state index is 0.0214. The Morgan fingerprint density at radius 1 is 0.400 bits per heavy atom. The third-order valence-corrected chi connectivity index (χ3v) is 12.4. The molecule has 0 bridgehead atoms. The number of aliphatic hydroxyl groups excluding tert-OH is 1. The Bertz CT molecular complexity index is 3690. The Hall–Kier alpha value is -9.18. The van der Waals surface area contributed by atoms with Crippen LogP contribution in [0.15, 0.2) is 128 Å². The molecule has 1 N–H and O–H groups in total. The second-order valence-corrected chi connectivity index (χ2v) is 19.9. The number of alkyl halides is 31. The van der Waals surface area contributed by atoms with Crippen LogP contribution in [0, 0.1) is 0 Å². The number of ether oxygens (including phenoxy) is 3. The standard InChI is InChI=1S/C17H10F6O4.C12H6F6O2.C10H5BrF6O.C10H6F6O2.C10H6F6O/c18-16(19,20)11-6-10(7-12(8-11)17(21,22)23)14(24)9-26-15(25)27-13-4-2-1-3-5-13;13-11(14,15)8-1-6(7-3-10(19)20-5-7)2-9(4-8)12(16,17)18;11-4-8(18)5-1-6(9(12,13)14)3-7(2-5)10(15,16)17;11-9(12,13)6-1-5(8(18)4-17)2-7(3-6)10(14,15)16;1-5(17)6-2-7(9(11,12)13)4-8(3-6)10(14,15)16/h1-8H,9H2;1-2,4-5H,3H2;1-3H,4H2;1-3,17H,4H2;2-4H,1H3. The smallest absolute Gasteiger partial charge is 0.434 e. The molecule has 10 nitrogen and oxygen atoms in total. The normalized spacial score (nSPS) is 13.1. The van der Waals surface area contributed by atoms with Crippen molar-refractivity contribution in [2.75, 3.05) is 18.5 Å². The van der Waals surface area contributed by atoms with Gasteiger partial charge in [0, 0.05) is 27.8 Å². The summed E-state index contributed by atoms with van der Waals surface area (Å²) in [4.78, 5) is 67.3. The highest BCUT2D eigenvalue weighted by molar-refractivity contribution is 9.09. The van der Waals surface area contributed by atoms with Crippen LogP contribution < -0.4 is 4.74 Å². The summed E-state index contributed by atoms with van der Waals surface area (Å²) in [6.07, 6.45) is -50.6. The van der Waals surface area contributed by atoms with Crippen LogP contribution >= 0.6 is 15.9 Å². The lowest BCUT2D eigenvalue weighted by Crippen LogP contribution is -2.19. The number of para-hydroxylation sites is 1. The number of carbonyl (C=O) groups excluding carboxylic acids is 6. The van der Waals surface area contributed by atoms with Crippen LogP contribution in [0.1, 0.15) is 116 Å². The van der Waals surface area contributed by atoms with E-state index in [4.69, 9.17) is 5.11 Å². The molecule has 0 spiro atoms. The first-order chi connectivity index (χ1) is 45.2. The second kappa shape index (κ2) is 32.4. The van der Waals surface area contributed by atoms with E-state index in [1.54, 1.807) is 6.07 Å². The maximum Gasteiger partial charge on any atom is 0.514 e. The quantitative estimate of drug-likeness (QED) is 0.0461. The highest BCUT2D eigenvalue weighted by Gasteiger charge is 2.43. The van der Waals surface area contributed by atoms with E-state index in [1.165, 1.54) is 24.3 Å². The van der Waals surface area contributed by atoms with Gasteiger partial charge in [-0.05, 0) is 116 Å². The van der Waals surface area contributed by atoms with Crippen molar-refractivity contribution in [3.63, 3.8) is 0 Å². The number of Topliss-reactive ketones (excluding diaryl/α,β-unsaturated/α-hetero) is 4. The molecule has 1 heterocycles. The third-order valence-electron chi connectivity index (χ3n) is 11.9. The number of carbonyl (C=O) groups is 6. The lowest BCUT2D eigenvalue weighted by molar-refractivity contribution is -0.144. The minimum Gasteiger partial charge on any atom is -0.434 e. The van der Waals surface area contributed by atoms with E-state index < -0.39 is 188 Å². The van der Waals surface area contributed by atoms with E-state index in [2.05, 4.69) is 30.1 Å². The number of aliphatic hydroxyl groups is 1. The van der Waals surface area contributed by atoms with Crippen LogP contribution in [0.5, 0.6) is 5.75 Å². The molecular weight excluding hydrogens is 1520 g/mol. The van der Waals surface area contributed by atoms with Gasteiger partial charge in [0.1, 0.15) is 12.4 Å². The molecule has 0 atom stereocenters. The van der Waals surface area contributed by atoms with Crippen LogP contribution in [0.25, 0.3) is 5.57 Å². The number of esters is 1. The lowest BCUT2D eigenvalue weighted by Gasteiger charge is -2.14. The molecule has 100 heavy (non-hydrogen) atoms. The van der Waals surface area contributed by atoms with Gasteiger partial charge in [0.15, 0.2) is 29.7 Å². The molecule has 1 aliphatic rings. The van der Waals surface area contributed by atoms with Crippen molar-refractivity contribution < 1.29 is 180 Å². The molecule has 0 fully saturated rings. The summed E-state index contributed by atoms with van der Waals surface area (Å²) in [6.45, 7) is -1.36. The molecule has 7 rings (SSSR count). The van der Waals surface area contributed by atoms with Gasteiger partial charge < -0.3 is 19.3 Å². The Morgan fingerprint density at radius 3 is 0.920 bits per heavy atom. The monoisotopic (exact) mass is 1550 g/mol. The molecule has 0 aromatic heterocycles. The van der Waals surface area contributed by atoms with Crippen molar-refractivity contribution >= 4 is 56.8 Å². The average Bonchev–Trinajstić information content (AvgIpc) is 1.10. The van der Waals surface area contributed by atoms with E-state index >= 15 is 0 Å². The number of hydrogen-bond acceptors (Lipinski definition) is 10. The predicted octanol–water partition coefficient (Wildman–Crippen LogP) is 20.3. The van der Waals surface area contributed by atoms with E-state index in [1.807, 2.05) is 0 Å². The SMILES string of the molecule is CC(=O)c1cc(C(F)(F)F)cc(C(F)(F)F)c1.O=C(CBr)c1cc(C(F)(F)F)cc(C(F)(F)F)c1.O=C(CO)c1cc(C(F)(F)F)cc(C(F)(F)F)c1.O=C(OCC(=O)c1cc(C(F)(F)F)cc(C(F)(F)F)c1)Oc1ccccc1.O=C1CC(c2cc(C(F)(F)F)cc(C(F)(F)F)c2)=CO1. The van der Waals surface area contributed by atoms with Crippen LogP contribution in [0.2, 0.25) is 0 Å². The van der Waals surface area contributed by atoms with E-state index in [-0.39, 0.29) is 83.2 Å². The largest absolute Gasteiger partial charge is 0.514 e. The lowest BCUT2D eigenvalue weighted by atomic mass is 9.98. The van der Waals surface area contributed by atoms with Crippen molar-refractivity contribution in [3.8, 4) is 5.75 Å². The highest BCUT2D eigenvalue weighted by Crippen LogP contribution is 2.43. The Balaban J connectivity index is 0.000000329. The van der Waals surface area contributed by atoms with E-state index in [0.29, 0.717) is 36.4 Å². The zero-order chi connectivity index (χ0) is 77.1. The summed E-state index contributed by atoms with van der Waals surface area (Å²) in [5.74, 6) is -4.84. The van der Waals surface area contributed by atoms with Gasteiger partial charge in [-0.15, -0.1) is 0 Å². The molecule has 41 heteroatoms. The number of halogens is 31. The van der Waals surface area contributed by atoms with Gasteiger partial charge in [-0.2, -0.15) is 132 Å². The van der Waals surface area contributed by atoms with Gasteiger partial charge in [0.25, 0.3) is 0 Å². The second-order valence-electron chi connectivity index (χ2n) is 19.4. The molecule has 546 valence electrons. The molecule has 0 saturated carbocycles. The molecule has 6 aromatic rings. The molecule has 0 amide bonds. The highest BCUT2D eigenvalue weighted by atomic mass is 79.9. The fourth-order valence-electron chi connectivity index (χ4n) is 7.18. The van der Waals surface area contributed by atoms with Gasteiger partial charge in [-0.1, -0.05) is 34.1 Å². The third kappa shape index (κ3) is 26.5. The molecule has 6 aromatic carbocycles. The predicted molar refractivity (Wildman–Crippen MR) is 283 cm³/mol. The van der Waals surface area contributed by atoms with Crippen LogP contribution in [-0.2, 0) is 76.0 Å². The fraction of sp³-hybridized carbons (Fsp3) is 0.254. The summed E-state index contributed by atoms with van der Waals surface area (Å²) in [5, 5.41) is 8.11. The Morgan fingerprint density at radius 2 is 0.670 bits per heavy atom. The number of cyclic esters (lactones) is 1. The number of rotatable bonds is 10. The molecular formula is C59H33BrF30O10. The summed E-state index contributed by atoms with van der Waals surface area (Å²) in [7, 11) is 0. The number of hydrogen-bond donors (Lipinski definition) is 1. The first-order valence-electron chi connectivity index (χ1n) is 25.7. The van der Waals surface area contributed by atoms with Gasteiger partial charge in [0.05, 0.1) is 73.6 Å². The Labute approximate surface area is 545 Å². The summed E-state index contributed by atoms with van der Waals surface area (Å²) >= 11 is 2.69. The molecule has 0 saturated heterocycles. The fourth-order valence-corrected chi connectivity index (χ4v) is 7.51. The van der Waals surface area contributed by atoms with Gasteiger partial charge in [-0.25, -0.2) is 4.79 Å². The summed E-state index contributed by atoms with van der Waals surface area (Å²) in [5.41, 5.74) is -18.6. The van der Waals surface area contributed by atoms with Gasteiger partial charge >= 0.3 is 73.9 Å². The molecule has 1 aliphatic heterocycles. The first-order valence-corrected chi connectivity index (χ1v) is 26.8. The van der Waals surface area contributed by atoms with Crippen molar-refractivity contribution in [2.45, 2.75) is 75.1 Å². The molecule has 0 unspecified atom stereocenters. The van der Waals surface area contributed by atoms with Gasteiger partial charge in [-0.3, -0.25) is 24.0 Å². The minimum atomic E-state index is -5.09. The maximum absolute atomic E-state index is 12.8. The molecule has 0 radical (unpaired) electrons. The van der Waals surface area contributed by atoms with Crippen LogP contribution in [0.4, 0.5) is 137 Å². The molecule has 0 aliphatic carbocycles. The van der Waals surface area contributed by atoms with Crippen molar-refractivity contribution in [1.82, 2.24) is 0 Å². The van der Waals surface area contributed by atoms with Crippen molar-refractivity contribution in [2.24, 2.45) is 0 Å². The van der Waals surface area contributed by atoms with Crippen molar-refractivity contribution in [3.05, 3.63) is 211 Å².